The predicted molar refractivity (Wildman–Crippen MR) is 113 cm³/mol. The number of benzene rings is 1. The van der Waals surface area contributed by atoms with Gasteiger partial charge in [0.25, 0.3) is 5.91 Å². The molecule has 1 saturated heterocycles. The monoisotopic (exact) mass is 396 g/mol. The molecule has 1 saturated carbocycles. The third kappa shape index (κ3) is 4.11. The molecule has 0 radical (unpaired) electrons. The summed E-state index contributed by atoms with van der Waals surface area (Å²) in [6.45, 7) is 7.72. The summed E-state index contributed by atoms with van der Waals surface area (Å²) in [7, 11) is 0. The Morgan fingerprint density at radius 1 is 1.07 bits per heavy atom. The van der Waals surface area contributed by atoms with E-state index in [-0.39, 0.29) is 17.5 Å². The maximum Gasteiger partial charge on any atom is 0.290 e. The minimum Gasteiger partial charge on any atom is -0.503 e. The van der Waals surface area contributed by atoms with Gasteiger partial charge in [-0.3, -0.25) is 9.59 Å². The lowest BCUT2D eigenvalue weighted by Crippen LogP contribution is -2.40. The molecule has 1 N–H and O–H groups in total. The number of amides is 1. The lowest BCUT2D eigenvalue weighted by Gasteiger charge is -2.32. The summed E-state index contributed by atoms with van der Waals surface area (Å²) in [6, 6.07) is 7.70. The minimum absolute atomic E-state index is 0.0283. The highest BCUT2D eigenvalue weighted by atomic mass is 16.3. The van der Waals surface area contributed by atoms with E-state index in [1.54, 1.807) is 4.90 Å². The summed E-state index contributed by atoms with van der Waals surface area (Å²) < 4.78 is 0. The quantitative estimate of drug-likeness (QED) is 0.758. The molecule has 0 bridgehead atoms. The molecule has 2 heterocycles. The second kappa shape index (κ2) is 8.31. The molecular formula is C24H32N2O3. The first-order chi connectivity index (χ1) is 14.0. The second-order valence-electron chi connectivity index (χ2n) is 9.03. The number of carbonyl (C=O) groups excluding carboxylic acids is 2. The molecule has 1 aromatic rings. The van der Waals surface area contributed by atoms with Crippen LogP contribution in [0.3, 0.4) is 0 Å². The lowest BCUT2D eigenvalue weighted by atomic mass is 9.92. The fourth-order valence-electron chi connectivity index (χ4n) is 4.54. The Morgan fingerprint density at radius 3 is 2.31 bits per heavy atom. The first kappa shape index (κ1) is 20.1. The minimum atomic E-state index is -0.471. The zero-order valence-electron chi connectivity index (χ0n) is 17.6. The number of aliphatic hydroxyl groups is 1. The summed E-state index contributed by atoms with van der Waals surface area (Å²) in [4.78, 5) is 30.0. The van der Waals surface area contributed by atoms with Crippen molar-refractivity contribution in [3.8, 4) is 0 Å². The van der Waals surface area contributed by atoms with Crippen molar-refractivity contribution in [1.29, 1.82) is 0 Å². The Balaban J connectivity index is 1.61. The molecule has 2 fully saturated rings. The van der Waals surface area contributed by atoms with Crippen LogP contribution in [0.5, 0.6) is 0 Å². The van der Waals surface area contributed by atoms with Crippen molar-refractivity contribution < 1.29 is 14.7 Å². The van der Waals surface area contributed by atoms with Crippen molar-refractivity contribution >= 4 is 11.7 Å². The first-order valence-corrected chi connectivity index (χ1v) is 11.1. The van der Waals surface area contributed by atoms with E-state index in [9.17, 15) is 14.7 Å². The zero-order chi connectivity index (χ0) is 20.5. The van der Waals surface area contributed by atoms with Crippen molar-refractivity contribution in [2.24, 2.45) is 5.92 Å². The molecule has 5 nitrogen and oxygen atoms in total. The smallest absolute Gasteiger partial charge is 0.290 e. The summed E-state index contributed by atoms with van der Waals surface area (Å²) in [5.41, 5.74) is 2.45. The zero-order valence-corrected chi connectivity index (χ0v) is 17.6. The maximum atomic E-state index is 13.0. The van der Waals surface area contributed by atoms with Crippen LogP contribution in [-0.4, -0.2) is 52.8 Å². The molecular weight excluding hydrogens is 364 g/mol. The van der Waals surface area contributed by atoms with Gasteiger partial charge in [-0.15, -0.1) is 0 Å². The van der Waals surface area contributed by atoms with Crippen LogP contribution < -0.4 is 0 Å². The summed E-state index contributed by atoms with van der Waals surface area (Å²) in [5.74, 6) is -0.392. The van der Waals surface area contributed by atoms with Gasteiger partial charge in [-0.05, 0) is 55.8 Å². The summed E-state index contributed by atoms with van der Waals surface area (Å²) >= 11 is 0. The van der Waals surface area contributed by atoms with Gasteiger partial charge in [0.2, 0.25) is 0 Å². The van der Waals surface area contributed by atoms with Crippen molar-refractivity contribution in [2.75, 3.05) is 26.2 Å². The molecule has 5 heteroatoms. The van der Waals surface area contributed by atoms with E-state index in [1.165, 1.54) is 24.8 Å². The van der Waals surface area contributed by atoms with Crippen molar-refractivity contribution in [2.45, 2.75) is 57.9 Å². The molecule has 156 valence electrons. The molecule has 1 aromatic carbocycles. The largest absolute Gasteiger partial charge is 0.503 e. The third-order valence-electron chi connectivity index (χ3n) is 6.54. The Morgan fingerprint density at radius 2 is 1.72 bits per heavy atom. The number of carbonyl (C=O) groups is 2. The number of hydrogen-bond donors (Lipinski definition) is 1. The molecule has 1 aliphatic carbocycles. The van der Waals surface area contributed by atoms with Gasteiger partial charge in [0.1, 0.15) is 0 Å². The highest BCUT2D eigenvalue weighted by Crippen LogP contribution is 2.43. The van der Waals surface area contributed by atoms with Crippen LogP contribution >= 0.6 is 0 Å². The summed E-state index contributed by atoms with van der Waals surface area (Å²) in [6.07, 6.45) is 5.38. The van der Waals surface area contributed by atoms with Crippen molar-refractivity contribution in [3.63, 3.8) is 0 Å². The highest BCUT2D eigenvalue weighted by Gasteiger charge is 2.46. The second-order valence-corrected chi connectivity index (χ2v) is 9.03. The van der Waals surface area contributed by atoms with Gasteiger partial charge in [0.05, 0.1) is 11.6 Å². The van der Waals surface area contributed by atoms with Gasteiger partial charge in [0, 0.05) is 19.0 Å². The molecule has 2 aliphatic heterocycles. The Kier molecular flexibility index (Phi) is 5.77. The number of likely N-dealkylation sites (tertiary alicyclic amines) is 1. The van der Waals surface area contributed by atoms with Gasteiger partial charge in [-0.2, -0.15) is 0 Å². The normalized spacial score (nSPS) is 23.3. The van der Waals surface area contributed by atoms with Crippen LogP contribution in [0.4, 0.5) is 0 Å². The van der Waals surface area contributed by atoms with Gasteiger partial charge in [-0.1, -0.05) is 44.5 Å². The number of nitrogens with zero attached hydrogens (tertiary/aromatic N) is 2. The molecule has 0 spiro atoms. The van der Waals surface area contributed by atoms with E-state index >= 15 is 0 Å². The molecule has 3 aliphatic rings. The summed E-state index contributed by atoms with van der Waals surface area (Å²) in [5, 5.41) is 10.6. The molecule has 29 heavy (non-hydrogen) atoms. The number of aliphatic hydroxyl groups excluding tert-OH is 1. The predicted octanol–water partition coefficient (Wildman–Crippen LogP) is 3.97. The number of ketones is 1. The Labute approximate surface area is 173 Å². The van der Waals surface area contributed by atoms with Gasteiger partial charge < -0.3 is 14.9 Å². The van der Waals surface area contributed by atoms with Crippen LogP contribution in [0.2, 0.25) is 0 Å². The first-order valence-electron chi connectivity index (χ1n) is 11.1. The molecule has 1 amide bonds. The van der Waals surface area contributed by atoms with E-state index in [0.29, 0.717) is 18.0 Å². The van der Waals surface area contributed by atoms with Gasteiger partial charge in [-0.25, -0.2) is 0 Å². The van der Waals surface area contributed by atoms with Crippen LogP contribution in [0.15, 0.2) is 35.6 Å². The van der Waals surface area contributed by atoms with Gasteiger partial charge >= 0.3 is 0 Å². The molecule has 1 unspecified atom stereocenters. The van der Waals surface area contributed by atoms with Gasteiger partial charge in [0.15, 0.2) is 11.5 Å². The standard InChI is InChI=1S/C24H32N2O3/c1-16(2)17-6-8-18(9-7-17)21-20(22(27)19-10-11-19)23(28)24(29)26(21)15-14-25-12-4-3-5-13-25/h6-9,16,19,21,28H,3-5,10-15H2,1-2H3. The lowest BCUT2D eigenvalue weighted by molar-refractivity contribution is -0.129. The van der Waals surface area contributed by atoms with Crippen LogP contribution in [-0.2, 0) is 9.59 Å². The van der Waals surface area contributed by atoms with E-state index in [4.69, 9.17) is 0 Å². The highest BCUT2D eigenvalue weighted by molar-refractivity contribution is 6.10. The van der Waals surface area contributed by atoms with Crippen molar-refractivity contribution in [1.82, 2.24) is 9.80 Å². The van der Waals surface area contributed by atoms with Crippen LogP contribution in [0.25, 0.3) is 0 Å². The fourth-order valence-corrected chi connectivity index (χ4v) is 4.54. The third-order valence-corrected chi connectivity index (χ3v) is 6.54. The number of piperidine rings is 1. The van der Waals surface area contributed by atoms with E-state index < -0.39 is 11.9 Å². The Bertz CT molecular complexity index is 802. The topological polar surface area (TPSA) is 60.9 Å². The fraction of sp³-hybridized carbons (Fsp3) is 0.583. The number of Topliss-reactive ketones (excluding diaryl/α,β-unsaturated/α-hetero) is 1. The Hall–Kier alpha value is -2.14. The van der Waals surface area contributed by atoms with Crippen LogP contribution in [0, 0.1) is 5.92 Å². The molecule has 4 rings (SSSR count). The maximum absolute atomic E-state index is 13.0. The molecule has 0 aromatic heterocycles. The van der Waals surface area contributed by atoms with Crippen molar-refractivity contribution in [3.05, 3.63) is 46.7 Å². The van der Waals surface area contributed by atoms with E-state index in [2.05, 4.69) is 30.9 Å². The number of hydrogen-bond acceptors (Lipinski definition) is 4. The average molecular weight is 397 g/mol. The number of rotatable bonds is 7. The van der Waals surface area contributed by atoms with E-state index in [0.717, 1.165) is 38.0 Å². The molecule has 1 atom stereocenters. The van der Waals surface area contributed by atoms with E-state index in [1.807, 2.05) is 12.1 Å². The van der Waals surface area contributed by atoms with Crippen LogP contribution in [0.1, 0.15) is 69.0 Å². The average Bonchev–Trinajstić information content (AvgIpc) is 3.55. The SMILES string of the molecule is CC(C)c1ccc(C2C(C(=O)C3CC3)=C(O)C(=O)N2CCN2CCCCC2)cc1.